The van der Waals surface area contributed by atoms with E-state index in [0.717, 1.165) is 12.8 Å². The summed E-state index contributed by atoms with van der Waals surface area (Å²) in [6, 6.07) is 1.33. The summed E-state index contributed by atoms with van der Waals surface area (Å²) in [7, 11) is 1.65. The molecule has 6 nitrogen and oxygen atoms in total. The zero-order valence-corrected chi connectivity index (χ0v) is 12.7. The van der Waals surface area contributed by atoms with Crippen molar-refractivity contribution < 1.29 is 9.72 Å². The number of aryl methyl sites for hydroxylation is 1. The summed E-state index contributed by atoms with van der Waals surface area (Å²) in [6.45, 7) is 3.32. The van der Waals surface area contributed by atoms with E-state index in [2.05, 4.69) is 22.9 Å². The Morgan fingerprint density at radius 2 is 2.21 bits per heavy atom. The lowest BCUT2D eigenvalue weighted by molar-refractivity contribution is -0.384. The topological polar surface area (TPSA) is 68.4 Å². The molecule has 0 aliphatic carbocycles. The largest absolute Gasteiger partial charge is 0.340 e. The van der Waals surface area contributed by atoms with Gasteiger partial charge in [0.15, 0.2) is 0 Å². The fraction of sp³-hybridized carbons (Fsp3) is 0.583. The van der Waals surface area contributed by atoms with Gasteiger partial charge in [-0.15, -0.1) is 0 Å². The number of hydrogen-bond acceptors (Lipinski definition) is 3. The Labute approximate surface area is 120 Å². The number of amides is 1. The third-order valence-electron chi connectivity index (χ3n) is 2.84. The van der Waals surface area contributed by atoms with Gasteiger partial charge in [0.25, 0.3) is 11.6 Å². The van der Waals surface area contributed by atoms with Crippen LogP contribution in [0.4, 0.5) is 5.69 Å². The summed E-state index contributed by atoms with van der Waals surface area (Å²) < 4.78 is 1.51. The van der Waals surface area contributed by atoms with Gasteiger partial charge in [-0.3, -0.25) is 14.9 Å². The van der Waals surface area contributed by atoms with Crippen molar-refractivity contribution in [1.82, 2.24) is 9.47 Å². The summed E-state index contributed by atoms with van der Waals surface area (Å²) in [5.74, 6) is -0.163. The van der Waals surface area contributed by atoms with Crippen LogP contribution in [0.15, 0.2) is 12.3 Å². The number of unbranched alkanes of at least 4 members (excludes halogenated alkanes) is 1. The van der Waals surface area contributed by atoms with Crippen LogP contribution in [-0.4, -0.2) is 38.7 Å². The van der Waals surface area contributed by atoms with Crippen molar-refractivity contribution in [2.45, 2.75) is 19.8 Å². The first kappa shape index (κ1) is 15.7. The Balaban J connectivity index is 2.92. The van der Waals surface area contributed by atoms with Gasteiger partial charge in [0.05, 0.1) is 11.1 Å². The maximum atomic E-state index is 12.4. The Morgan fingerprint density at radius 3 is 2.68 bits per heavy atom. The average molecular weight is 332 g/mol. The molecule has 19 heavy (non-hydrogen) atoms. The van der Waals surface area contributed by atoms with Gasteiger partial charge in [0.2, 0.25) is 0 Å². The van der Waals surface area contributed by atoms with Crippen LogP contribution in [-0.2, 0) is 7.05 Å². The lowest BCUT2D eigenvalue weighted by Gasteiger charge is -2.21. The molecular weight excluding hydrogens is 314 g/mol. The zero-order valence-electron chi connectivity index (χ0n) is 11.1. The van der Waals surface area contributed by atoms with Crippen molar-refractivity contribution in [3.05, 3.63) is 28.1 Å². The van der Waals surface area contributed by atoms with E-state index >= 15 is 0 Å². The first-order valence-corrected chi connectivity index (χ1v) is 7.29. The molecule has 0 saturated carbocycles. The van der Waals surface area contributed by atoms with Crippen molar-refractivity contribution >= 4 is 27.5 Å². The molecule has 0 atom stereocenters. The Morgan fingerprint density at radius 1 is 1.53 bits per heavy atom. The molecule has 0 unspecified atom stereocenters. The number of hydrogen-bond donors (Lipinski definition) is 0. The standard InChI is InChI=1S/C12H18BrN3O3/c1-3-4-6-15(7-5-13)12(17)11-8-10(16(18)19)9-14(11)2/h8-9H,3-7H2,1-2H3. The maximum absolute atomic E-state index is 12.4. The number of nitro groups is 1. The van der Waals surface area contributed by atoms with E-state index in [9.17, 15) is 14.9 Å². The second-order valence-corrected chi connectivity index (χ2v) is 5.08. The van der Waals surface area contributed by atoms with Crippen molar-refractivity contribution in [3.63, 3.8) is 0 Å². The SMILES string of the molecule is CCCCN(CCBr)C(=O)c1cc([N+](=O)[O-])cn1C. The number of halogens is 1. The van der Waals surface area contributed by atoms with E-state index in [1.807, 2.05) is 0 Å². The lowest BCUT2D eigenvalue weighted by atomic mass is 10.3. The van der Waals surface area contributed by atoms with Crippen LogP contribution in [0.3, 0.4) is 0 Å². The van der Waals surface area contributed by atoms with Gasteiger partial charge < -0.3 is 9.47 Å². The van der Waals surface area contributed by atoms with Gasteiger partial charge in [0, 0.05) is 31.5 Å². The highest BCUT2D eigenvalue weighted by atomic mass is 79.9. The molecule has 1 heterocycles. The van der Waals surface area contributed by atoms with Crippen molar-refractivity contribution in [1.29, 1.82) is 0 Å². The summed E-state index contributed by atoms with van der Waals surface area (Å²) in [5.41, 5.74) is 0.295. The zero-order chi connectivity index (χ0) is 14.4. The van der Waals surface area contributed by atoms with Gasteiger partial charge in [0.1, 0.15) is 5.69 Å². The van der Waals surface area contributed by atoms with Crippen LogP contribution >= 0.6 is 15.9 Å². The highest BCUT2D eigenvalue weighted by Gasteiger charge is 2.21. The van der Waals surface area contributed by atoms with E-state index in [4.69, 9.17) is 0 Å². The minimum Gasteiger partial charge on any atom is -0.340 e. The number of aromatic nitrogens is 1. The number of carbonyl (C=O) groups excluding carboxylic acids is 1. The quantitative estimate of drug-likeness (QED) is 0.438. The highest BCUT2D eigenvalue weighted by Crippen LogP contribution is 2.17. The molecule has 0 saturated heterocycles. The monoisotopic (exact) mass is 331 g/mol. The summed E-state index contributed by atoms with van der Waals surface area (Å²) in [5, 5.41) is 11.4. The molecule has 0 bridgehead atoms. The first-order chi connectivity index (χ1) is 9.01. The van der Waals surface area contributed by atoms with Crippen LogP contribution in [0.25, 0.3) is 0 Å². The molecular formula is C12H18BrN3O3. The van der Waals surface area contributed by atoms with Crippen LogP contribution in [0, 0.1) is 10.1 Å². The van der Waals surface area contributed by atoms with Gasteiger partial charge in [-0.1, -0.05) is 29.3 Å². The summed E-state index contributed by atoms with van der Waals surface area (Å²) >= 11 is 3.32. The minimum absolute atomic E-state index is 0.0554. The molecule has 0 fully saturated rings. The number of rotatable bonds is 7. The maximum Gasteiger partial charge on any atom is 0.287 e. The third kappa shape index (κ3) is 4.05. The molecule has 1 aromatic heterocycles. The first-order valence-electron chi connectivity index (χ1n) is 6.17. The van der Waals surface area contributed by atoms with Gasteiger partial charge in [-0.2, -0.15) is 0 Å². The third-order valence-corrected chi connectivity index (χ3v) is 3.20. The van der Waals surface area contributed by atoms with Crippen molar-refractivity contribution in [3.8, 4) is 0 Å². The fourth-order valence-corrected chi connectivity index (χ4v) is 2.22. The highest BCUT2D eigenvalue weighted by molar-refractivity contribution is 9.09. The molecule has 0 radical (unpaired) electrons. The molecule has 1 aromatic rings. The molecule has 0 aliphatic rings. The van der Waals surface area contributed by atoms with E-state index in [1.54, 1.807) is 11.9 Å². The van der Waals surface area contributed by atoms with E-state index in [1.165, 1.54) is 16.8 Å². The predicted octanol–water partition coefficient (Wildman–Crippen LogP) is 2.57. The molecule has 106 valence electrons. The number of alkyl halides is 1. The molecule has 1 rings (SSSR count). The lowest BCUT2D eigenvalue weighted by Crippen LogP contribution is -2.34. The smallest absolute Gasteiger partial charge is 0.287 e. The Bertz CT molecular complexity index is 459. The Kier molecular flexibility index (Phi) is 6.01. The van der Waals surface area contributed by atoms with Gasteiger partial charge in [-0.25, -0.2) is 0 Å². The van der Waals surface area contributed by atoms with E-state index in [-0.39, 0.29) is 11.6 Å². The summed E-state index contributed by atoms with van der Waals surface area (Å²) in [4.78, 5) is 24.3. The molecule has 1 amide bonds. The van der Waals surface area contributed by atoms with Crippen molar-refractivity contribution in [2.24, 2.45) is 7.05 Å². The molecule has 0 aliphatic heterocycles. The molecule has 7 heteroatoms. The second-order valence-electron chi connectivity index (χ2n) is 4.29. The predicted molar refractivity (Wildman–Crippen MR) is 76.7 cm³/mol. The Hall–Kier alpha value is -1.37. The second kappa shape index (κ2) is 7.28. The minimum atomic E-state index is -0.488. The van der Waals surface area contributed by atoms with Crippen LogP contribution in [0.5, 0.6) is 0 Å². The van der Waals surface area contributed by atoms with Gasteiger partial charge >= 0.3 is 0 Å². The molecule has 0 spiro atoms. The van der Waals surface area contributed by atoms with E-state index in [0.29, 0.717) is 24.1 Å². The normalized spacial score (nSPS) is 10.5. The molecule has 0 aromatic carbocycles. The number of nitrogens with zero attached hydrogens (tertiary/aromatic N) is 3. The average Bonchev–Trinajstić information content (AvgIpc) is 2.76. The van der Waals surface area contributed by atoms with Crippen LogP contribution in [0.2, 0.25) is 0 Å². The summed E-state index contributed by atoms with van der Waals surface area (Å²) in [6.07, 6.45) is 3.28. The van der Waals surface area contributed by atoms with Gasteiger partial charge in [-0.05, 0) is 6.42 Å². The van der Waals surface area contributed by atoms with Crippen LogP contribution < -0.4 is 0 Å². The van der Waals surface area contributed by atoms with Crippen LogP contribution in [0.1, 0.15) is 30.3 Å². The van der Waals surface area contributed by atoms with Crippen molar-refractivity contribution in [2.75, 3.05) is 18.4 Å². The number of carbonyl (C=O) groups is 1. The fourth-order valence-electron chi connectivity index (χ4n) is 1.79. The molecule has 0 N–H and O–H groups in total. The van der Waals surface area contributed by atoms with E-state index < -0.39 is 4.92 Å².